The van der Waals surface area contributed by atoms with E-state index in [1.165, 1.54) is 283 Å². The van der Waals surface area contributed by atoms with Gasteiger partial charge in [-0.3, -0.25) is 18.6 Å². The van der Waals surface area contributed by atoms with E-state index in [0.717, 1.165) is 70.6 Å². The highest BCUT2D eigenvalue weighted by Gasteiger charge is 2.30. The van der Waals surface area contributed by atoms with Crippen molar-refractivity contribution in [3.8, 4) is 0 Å². The quantitative estimate of drug-likeness (QED) is 0.0205. The van der Waals surface area contributed by atoms with Crippen LogP contribution in [0.4, 0.5) is 0 Å². The van der Waals surface area contributed by atoms with Gasteiger partial charge >= 0.3 is 13.8 Å². The third-order valence-corrected chi connectivity index (χ3v) is 18.7. The second kappa shape index (κ2) is 69.5. The minimum Gasteiger partial charge on any atom is -0.456 e. The summed E-state index contributed by atoms with van der Waals surface area (Å²) in [7, 11) is 1.51. The highest BCUT2D eigenvalue weighted by atomic mass is 31.2. The number of hydrogen-bond acceptors (Lipinski definition) is 6. The van der Waals surface area contributed by atoms with Gasteiger partial charge in [-0.15, -0.1) is 0 Å². The van der Waals surface area contributed by atoms with E-state index < -0.39 is 20.0 Å². The number of nitrogens with one attached hydrogen (secondary N) is 1. The molecule has 0 aliphatic heterocycles. The van der Waals surface area contributed by atoms with E-state index in [2.05, 4.69) is 80.8 Å². The molecule has 3 unspecified atom stereocenters. The Morgan fingerprint density at radius 2 is 0.678 bits per heavy atom. The molecule has 0 aliphatic carbocycles. The number of carbonyl (C=O) groups excluding carboxylic acids is 2. The number of carbonyl (C=O) groups is 2. The first-order chi connectivity index (χ1) is 43.9. The first-order valence-corrected chi connectivity index (χ1v) is 40.6. The molecule has 0 spiro atoms. The van der Waals surface area contributed by atoms with Gasteiger partial charge in [0.15, 0.2) is 0 Å². The van der Waals surface area contributed by atoms with Gasteiger partial charge in [0.05, 0.1) is 33.8 Å². The Morgan fingerprint density at radius 1 is 0.389 bits per heavy atom. The number of rotatable bonds is 72. The molecule has 9 nitrogen and oxygen atoms in total. The zero-order chi connectivity index (χ0) is 65.6. The van der Waals surface area contributed by atoms with Gasteiger partial charge in [-0.05, 0) is 96.0 Å². The molecule has 0 aliphatic rings. The average Bonchev–Trinajstić information content (AvgIpc) is 3.04. The van der Waals surface area contributed by atoms with Gasteiger partial charge in [-0.25, -0.2) is 4.57 Å². The maximum atomic E-state index is 13.7. The number of esters is 1. The second-order valence-corrected chi connectivity index (χ2v) is 29.3. The summed E-state index contributed by atoms with van der Waals surface area (Å²) in [5.74, 6) is -0.488. The fourth-order valence-electron chi connectivity index (χ4n) is 11.7. The minimum absolute atomic E-state index is 0.0412. The summed E-state index contributed by atoms with van der Waals surface area (Å²) < 4.78 is 30.9. The predicted molar refractivity (Wildman–Crippen MR) is 392 cm³/mol. The van der Waals surface area contributed by atoms with Crippen LogP contribution < -0.4 is 5.32 Å². The van der Waals surface area contributed by atoms with E-state index in [-0.39, 0.29) is 25.1 Å². The number of quaternary nitrogens is 1. The first-order valence-electron chi connectivity index (χ1n) is 39.1. The van der Waals surface area contributed by atoms with Crippen molar-refractivity contribution in [2.45, 2.75) is 399 Å². The zero-order valence-electron chi connectivity index (χ0n) is 60.6. The monoisotopic (exact) mass is 1280 g/mol. The topological polar surface area (TPSA) is 111 Å². The first kappa shape index (κ1) is 87.7. The molecule has 10 heteroatoms. The molecule has 1 amide bonds. The third-order valence-electron chi connectivity index (χ3n) is 17.7. The van der Waals surface area contributed by atoms with Crippen LogP contribution in [-0.4, -0.2) is 74.3 Å². The number of ether oxygens (including phenoxy) is 1. The van der Waals surface area contributed by atoms with Gasteiger partial charge in [0.2, 0.25) is 5.91 Å². The van der Waals surface area contributed by atoms with Crippen LogP contribution in [0.25, 0.3) is 0 Å². The van der Waals surface area contributed by atoms with Crippen molar-refractivity contribution in [1.29, 1.82) is 0 Å². The smallest absolute Gasteiger partial charge is 0.456 e. The van der Waals surface area contributed by atoms with Crippen LogP contribution in [0.5, 0.6) is 0 Å². The molecular formula is C80H152N2O7P+. The van der Waals surface area contributed by atoms with Gasteiger partial charge in [0, 0.05) is 12.8 Å². The van der Waals surface area contributed by atoms with Gasteiger partial charge in [0.1, 0.15) is 19.3 Å². The molecule has 0 aromatic carbocycles. The summed E-state index contributed by atoms with van der Waals surface area (Å²) in [4.78, 5) is 38.0. The summed E-state index contributed by atoms with van der Waals surface area (Å²) in [6.45, 7) is 7.04. The lowest BCUT2D eigenvalue weighted by Gasteiger charge is -2.27. The SMILES string of the molecule is CCCCC/C=C\C/C=C\C/C=C\CCCCCCCCCCCCCCCCC(=O)NC(COP(=O)(O)OCC[N+](C)(C)C)C(/C=C/CCCCCCCCCCCC)OC(=O)CCCCCCCCCCCCCCCCC/C=C/CCCCCCCC. The molecule has 0 fully saturated rings. The van der Waals surface area contributed by atoms with Gasteiger partial charge in [-0.2, -0.15) is 0 Å². The van der Waals surface area contributed by atoms with E-state index in [1.54, 1.807) is 0 Å². The van der Waals surface area contributed by atoms with E-state index in [1.807, 2.05) is 27.2 Å². The van der Waals surface area contributed by atoms with Gasteiger partial charge < -0.3 is 19.4 Å². The molecule has 0 saturated carbocycles. The molecule has 0 heterocycles. The standard InChI is InChI=1S/C80H151N2O7P/c1-7-10-13-16-19-22-25-28-30-32-34-36-38-40-41-43-44-46-48-50-52-54-57-60-63-66-69-72-79(83)81-77(76-88-90(85,86)87-75-74-82(4,5)6)78(71-68-65-62-59-56-27-24-21-18-15-12-9-3)89-80(84)73-70-67-64-61-58-55-53-51-49-47-45-42-39-37-35-33-31-29-26-23-20-17-14-11-8-2/h19,22,28-31,34,36,68,71,77-78H,7-18,20-21,23-27,32-33,35,37-67,69-70,72-76H2,1-6H3,(H-,81,83,85,86)/p+1/b22-19-,30-28-,31-29+,36-34-,71-68+. The minimum atomic E-state index is -4.46. The van der Waals surface area contributed by atoms with Crippen molar-refractivity contribution >= 4 is 19.7 Å². The number of allylic oxidation sites excluding steroid dienone is 9. The van der Waals surface area contributed by atoms with Crippen molar-refractivity contribution < 1.29 is 37.3 Å². The second-order valence-electron chi connectivity index (χ2n) is 27.9. The Kier molecular flexibility index (Phi) is 67.8. The number of unbranched alkanes of at least 4 members (excludes halogenated alkanes) is 48. The summed E-state index contributed by atoms with van der Waals surface area (Å²) in [5, 5.41) is 3.08. The number of phosphoric ester groups is 1. The third kappa shape index (κ3) is 70.0. The van der Waals surface area contributed by atoms with Crippen molar-refractivity contribution in [3.05, 3.63) is 60.8 Å². The number of hydrogen-bond donors (Lipinski definition) is 2. The van der Waals surface area contributed by atoms with Crippen LogP contribution >= 0.6 is 7.82 Å². The lowest BCUT2D eigenvalue weighted by Crippen LogP contribution is -2.47. The number of amides is 1. The molecule has 0 aromatic rings. The fraction of sp³-hybridized carbons (Fsp3) is 0.850. The highest BCUT2D eigenvalue weighted by molar-refractivity contribution is 7.47. The molecule has 3 atom stereocenters. The maximum Gasteiger partial charge on any atom is 0.472 e. The molecule has 0 radical (unpaired) electrons. The molecule has 0 saturated heterocycles. The molecule has 0 bridgehead atoms. The van der Waals surface area contributed by atoms with Crippen LogP contribution in [0.15, 0.2) is 60.8 Å². The Bertz CT molecular complexity index is 1720. The van der Waals surface area contributed by atoms with E-state index in [0.29, 0.717) is 23.9 Å². The van der Waals surface area contributed by atoms with E-state index in [9.17, 15) is 19.0 Å². The molecule has 0 rings (SSSR count). The normalized spacial score (nSPS) is 13.7. The van der Waals surface area contributed by atoms with Gasteiger partial charge in [-0.1, -0.05) is 339 Å². The summed E-state index contributed by atoms with van der Waals surface area (Å²) in [6.07, 6.45) is 91.1. The van der Waals surface area contributed by atoms with Crippen LogP contribution in [0.3, 0.4) is 0 Å². The lowest BCUT2D eigenvalue weighted by atomic mass is 10.0. The molecule has 528 valence electrons. The van der Waals surface area contributed by atoms with Crippen LogP contribution in [0.1, 0.15) is 387 Å². The van der Waals surface area contributed by atoms with E-state index in [4.69, 9.17) is 13.8 Å². The highest BCUT2D eigenvalue weighted by Crippen LogP contribution is 2.43. The molecule has 2 N–H and O–H groups in total. The molecule has 0 aromatic heterocycles. The molecule has 90 heavy (non-hydrogen) atoms. The number of phosphoric acid groups is 1. The van der Waals surface area contributed by atoms with Gasteiger partial charge in [0.25, 0.3) is 0 Å². The van der Waals surface area contributed by atoms with Crippen molar-refractivity contribution in [1.82, 2.24) is 5.32 Å². The summed E-state index contributed by atoms with van der Waals surface area (Å²) in [6, 6.07) is -0.849. The lowest BCUT2D eigenvalue weighted by molar-refractivity contribution is -0.870. The Hall–Kier alpha value is -2.29. The number of likely N-dealkylation sites (N-methyl/N-ethyl adjacent to an activating group) is 1. The van der Waals surface area contributed by atoms with E-state index >= 15 is 0 Å². The van der Waals surface area contributed by atoms with Crippen molar-refractivity contribution in [3.63, 3.8) is 0 Å². The predicted octanol–water partition coefficient (Wildman–Crippen LogP) is 25.3. The van der Waals surface area contributed by atoms with Crippen LogP contribution in [0.2, 0.25) is 0 Å². The number of nitrogens with zero attached hydrogens (tertiary/aromatic N) is 1. The van der Waals surface area contributed by atoms with Crippen molar-refractivity contribution in [2.24, 2.45) is 0 Å². The fourth-order valence-corrected chi connectivity index (χ4v) is 12.4. The van der Waals surface area contributed by atoms with Crippen molar-refractivity contribution in [2.75, 3.05) is 40.9 Å². The summed E-state index contributed by atoms with van der Waals surface area (Å²) >= 11 is 0. The Balaban J connectivity index is 4.93. The summed E-state index contributed by atoms with van der Waals surface area (Å²) in [5.41, 5.74) is 0. The molecular weight excluding hydrogens is 1130 g/mol. The average molecular weight is 1290 g/mol. The Labute approximate surface area is 560 Å². The maximum absolute atomic E-state index is 13.7. The van der Waals surface area contributed by atoms with Crippen LogP contribution in [0, 0.1) is 0 Å². The zero-order valence-corrected chi connectivity index (χ0v) is 61.5. The largest absolute Gasteiger partial charge is 0.472 e. The van der Waals surface area contributed by atoms with Crippen LogP contribution in [-0.2, 0) is 27.9 Å². The Morgan fingerprint density at radius 3 is 1.04 bits per heavy atom.